The van der Waals surface area contributed by atoms with Crippen LogP contribution in [0.15, 0.2) is 12.4 Å². The van der Waals surface area contributed by atoms with E-state index in [1.165, 1.54) is 0 Å². The zero-order valence-electron chi connectivity index (χ0n) is 6.45. The number of nitrogen functional groups attached to an aromatic ring is 1. The summed E-state index contributed by atoms with van der Waals surface area (Å²) in [6.45, 7) is 1.87. The minimum Gasteiger partial charge on any atom is -0.383 e. The van der Waals surface area contributed by atoms with Crippen LogP contribution < -0.4 is 5.73 Å². The predicted molar refractivity (Wildman–Crippen MR) is 54.9 cm³/mol. The molecule has 2 N–H and O–H groups in total. The van der Waals surface area contributed by atoms with E-state index in [-0.39, 0.29) is 0 Å². The molecule has 0 saturated heterocycles. The first kappa shape index (κ1) is 7.78. The Morgan fingerprint density at radius 1 is 1.58 bits per heavy atom. The first-order chi connectivity index (χ1) is 5.68. The van der Waals surface area contributed by atoms with Gasteiger partial charge in [0, 0.05) is 16.0 Å². The van der Waals surface area contributed by atoms with Gasteiger partial charge < -0.3 is 5.73 Å². The van der Waals surface area contributed by atoms with Crippen molar-refractivity contribution < 1.29 is 0 Å². The lowest BCUT2D eigenvalue weighted by Gasteiger charge is -1.95. The maximum atomic E-state index is 5.76. The Kier molecular flexibility index (Phi) is 1.67. The molecule has 62 valence electrons. The van der Waals surface area contributed by atoms with Crippen LogP contribution in [0.4, 0.5) is 5.82 Å². The SMILES string of the molecule is Cc1nc2ncc(I)cn2c1N. The number of nitrogens with zero attached hydrogens (tertiary/aromatic N) is 3. The van der Waals surface area contributed by atoms with Gasteiger partial charge in [-0.2, -0.15) is 0 Å². The van der Waals surface area contributed by atoms with E-state index in [4.69, 9.17) is 5.73 Å². The van der Waals surface area contributed by atoms with Crippen LogP contribution >= 0.6 is 22.6 Å². The van der Waals surface area contributed by atoms with Crippen LogP contribution in [-0.2, 0) is 0 Å². The normalized spacial score (nSPS) is 10.8. The summed E-state index contributed by atoms with van der Waals surface area (Å²) in [5.74, 6) is 1.32. The van der Waals surface area contributed by atoms with E-state index < -0.39 is 0 Å². The van der Waals surface area contributed by atoms with E-state index in [2.05, 4.69) is 32.6 Å². The Bertz CT molecular complexity index is 434. The molecular formula is C7H7IN4. The quantitative estimate of drug-likeness (QED) is 0.735. The lowest BCUT2D eigenvalue weighted by molar-refractivity contribution is 1.10. The Morgan fingerprint density at radius 2 is 2.33 bits per heavy atom. The maximum Gasteiger partial charge on any atom is 0.235 e. The van der Waals surface area contributed by atoms with Crippen LogP contribution in [-0.4, -0.2) is 14.4 Å². The van der Waals surface area contributed by atoms with Crippen LogP contribution in [0, 0.1) is 10.5 Å². The monoisotopic (exact) mass is 274 g/mol. The molecule has 0 fully saturated rings. The van der Waals surface area contributed by atoms with Crippen molar-refractivity contribution in [2.24, 2.45) is 0 Å². The van der Waals surface area contributed by atoms with E-state index in [9.17, 15) is 0 Å². The summed E-state index contributed by atoms with van der Waals surface area (Å²) >= 11 is 2.19. The van der Waals surface area contributed by atoms with Crippen molar-refractivity contribution in [3.63, 3.8) is 0 Å². The highest BCUT2D eigenvalue weighted by Gasteiger charge is 2.04. The van der Waals surface area contributed by atoms with Gasteiger partial charge >= 0.3 is 0 Å². The molecule has 0 aliphatic rings. The second-order valence-electron chi connectivity index (χ2n) is 2.52. The summed E-state index contributed by atoms with van der Waals surface area (Å²) in [5.41, 5.74) is 6.59. The minimum absolute atomic E-state index is 0.658. The Balaban J connectivity index is 2.88. The van der Waals surface area contributed by atoms with Crippen molar-refractivity contribution in [1.29, 1.82) is 0 Å². The number of hydrogen-bond acceptors (Lipinski definition) is 3. The maximum absolute atomic E-state index is 5.76. The number of anilines is 1. The van der Waals surface area contributed by atoms with E-state index in [1.807, 2.05) is 13.1 Å². The van der Waals surface area contributed by atoms with Gasteiger partial charge in [-0.1, -0.05) is 0 Å². The van der Waals surface area contributed by atoms with Gasteiger partial charge in [-0.3, -0.25) is 4.40 Å². The topological polar surface area (TPSA) is 56.2 Å². The largest absolute Gasteiger partial charge is 0.383 e. The molecule has 0 bridgehead atoms. The summed E-state index contributed by atoms with van der Waals surface area (Å²) in [6.07, 6.45) is 3.68. The zero-order chi connectivity index (χ0) is 8.72. The highest BCUT2D eigenvalue weighted by molar-refractivity contribution is 14.1. The number of aromatic nitrogens is 3. The van der Waals surface area contributed by atoms with Crippen LogP contribution in [0.2, 0.25) is 0 Å². The summed E-state index contributed by atoms with van der Waals surface area (Å²) < 4.78 is 2.83. The molecule has 0 radical (unpaired) electrons. The third-order valence-corrected chi connectivity index (χ3v) is 2.23. The van der Waals surface area contributed by atoms with Crippen LogP contribution in [0.1, 0.15) is 5.69 Å². The molecule has 0 aliphatic carbocycles. The smallest absolute Gasteiger partial charge is 0.235 e. The summed E-state index contributed by atoms with van der Waals surface area (Å²) in [5, 5.41) is 0. The van der Waals surface area contributed by atoms with Crippen molar-refractivity contribution in [2.75, 3.05) is 5.73 Å². The molecule has 0 saturated carbocycles. The molecule has 2 heterocycles. The van der Waals surface area contributed by atoms with Crippen LogP contribution in [0.5, 0.6) is 0 Å². The van der Waals surface area contributed by atoms with Crippen LogP contribution in [0.25, 0.3) is 5.78 Å². The molecule has 0 aliphatic heterocycles. The average Bonchev–Trinajstić information content (AvgIpc) is 2.31. The van der Waals surface area contributed by atoms with Gasteiger partial charge in [-0.25, -0.2) is 9.97 Å². The molecule has 2 aromatic rings. The summed E-state index contributed by atoms with van der Waals surface area (Å²) in [6, 6.07) is 0. The van der Waals surface area contributed by atoms with Gasteiger partial charge in [0.05, 0.1) is 5.69 Å². The number of halogens is 1. The Labute approximate surface area is 83.0 Å². The number of fused-ring (bicyclic) bond motifs is 1. The molecule has 5 heteroatoms. The van der Waals surface area contributed by atoms with E-state index in [0.717, 1.165) is 9.26 Å². The number of aryl methyl sites for hydroxylation is 1. The number of imidazole rings is 1. The van der Waals surface area contributed by atoms with Gasteiger partial charge in [0.15, 0.2) is 0 Å². The third kappa shape index (κ3) is 1.04. The Hall–Kier alpha value is -0.850. The van der Waals surface area contributed by atoms with Gasteiger partial charge in [-0.15, -0.1) is 0 Å². The van der Waals surface area contributed by atoms with Crippen LogP contribution in [0.3, 0.4) is 0 Å². The number of hydrogen-bond donors (Lipinski definition) is 1. The number of nitrogens with two attached hydrogens (primary N) is 1. The lowest BCUT2D eigenvalue weighted by Crippen LogP contribution is -1.95. The van der Waals surface area contributed by atoms with Crippen molar-refractivity contribution in [3.05, 3.63) is 21.7 Å². The molecule has 0 spiro atoms. The zero-order valence-corrected chi connectivity index (χ0v) is 8.61. The minimum atomic E-state index is 0.658. The van der Waals surface area contributed by atoms with E-state index >= 15 is 0 Å². The van der Waals surface area contributed by atoms with Gasteiger partial charge in [0.2, 0.25) is 5.78 Å². The summed E-state index contributed by atoms with van der Waals surface area (Å²) in [7, 11) is 0. The molecule has 4 nitrogen and oxygen atoms in total. The van der Waals surface area contributed by atoms with Crippen molar-refractivity contribution in [1.82, 2.24) is 14.4 Å². The van der Waals surface area contributed by atoms with E-state index in [0.29, 0.717) is 11.6 Å². The second kappa shape index (κ2) is 2.58. The summed E-state index contributed by atoms with van der Waals surface area (Å²) in [4.78, 5) is 8.30. The fourth-order valence-corrected chi connectivity index (χ4v) is 1.46. The molecule has 0 amide bonds. The standard InChI is InChI=1S/C7H7IN4/c1-4-6(9)12-3-5(8)2-10-7(12)11-4/h2-3H,9H2,1H3. The molecule has 12 heavy (non-hydrogen) atoms. The average molecular weight is 274 g/mol. The van der Waals surface area contributed by atoms with Gasteiger partial charge in [0.25, 0.3) is 0 Å². The van der Waals surface area contributed by atoms with Gasteiger partial charge in [0.1, 0.15) is 5.82 Å². The molecule has 0 unspecified atom stereocenters. The second-order valence-corrected chi connectivity index (χ2v) is 3.77. The third-order valence-electron chi connectivity index (χ3n) is 1.67. The molecular weight excluding hydrogens is 267 g/mol. The predicted octanol–water partition coefficient (Wildman–Crippen LogP) is 1.22. The molecule has 0 atom stereocenters. The van der Waals surface area contributed by atoms with E-state index in [1.54, 1.807) is 10.6 Å². The highest BCUT2D eigenvalue weighted by Crippen LogP contribution is 2.13. The lowest BCUT2D eigenvalue weighted by atomic mass is 10.5. The van der Waals surface area contributed by atoms with Gasteiger partial charge in [-0.05, 0) is 29.5 Å². The first-order valence-electron chi connectivity index (χ1n) is 3.44. The highest BCUT2D eigenvalue weighted by atomic mass is 127. The number of rotatable bonds is 0. The fraction of sp³-hybridized carbons (Fsp3) is 0.143. The fourth-order valence-electron chi connectivity index (χ4n) is 1.04. The molecule has 2 rings (SSSR count). The van der Waals surface area contributed by atoms with Crippen molar-refractivity contribution >= 4 is 34.2 Å². The Morgan fingerprint density at radius 3 is 3.08 bits per heavy atom. The molecule has 0 aromatic carbocycles. The van der Waals surface area contributed by atoms with Crippen molar-refractivity contribution in [3.8, 4) is 0 Å². The first-order valence-corrected chi connectivity index (χ1v) is 4.52. The van der Waals surface area contributed by atoms with Crippen molar-refractivity contribution in [2.45, 2.75) is 6.92 Å². The molecule has 2 aromatic heterocycles.